The molecule has 1 heterocycles. The second kappa shape index (κ2) is 6.85. The average molecular weight is 267 g/mol. The summed E-state index contributed by atoms with van der Waals surface area (Å²) in [6.07, 6.45) is 6.08. The first-order valence-corrected chi connectivity index (χ1v) is 7.53. The summed E-state index contributed by atoms with van der Waals surface area (Å²) in [4.78, 5) is 16.1. The SMILES string of the molecule is Cc1csc(CNCC(=O)NC2CCCCC2)n1. The van der Waals surface area contributed by atoms with Crippen molar-refractivity contribution >= 4 is 17.2 Å². The van der Waals surface area contributed by atoms with Gasteiger partial charge in [0.1, 0.15) is 5.01 Å². The lowest BCUT2D eigenvalue weighted by Crippen LogP contribution is -2.41. The molecule has 4 nitrogen and oxygen atoms in total. The number of aromatic nitrogens is 1. The highest BCUT2D eigenvalue weighted by Crippen LogP contribution is 2.17. The molecule has 5 heteroatoms. The molecule has 2 N–H and O–H groups in total. The lowest BCUT2D eigenvalue weighted by atomic mass is 9.95. The lowest BCUT2D eigenvalue weighted by molar-refractivity contribution is -0.121. The molecule has 1 aromatic heterocycles. The number of nitrogens with one attached hydrogen (secondary N) is 2. The van der Waals surface area contributed by atoms with Crippen LogP contribution < -0.4 is 10.6 Å². The topological polar surface area (TPSA) is 54.0 Å². The standard InChI is InChI=1S/C13H21N3OS/c1-10-9-18-13(15-10)8-14-7-12(17)16-11-5-3-2-4-6-11/h9,11,14H,2-8H2,1H3,(H,16,17). The first kappa shape index (κ1) is 13.5. The first-order chi connectivity index (χ1) is 8.74. The van der Waals surface area contributed by atoms with E-state index in [1.54, 1.807) is 11.3 Å². The maximum absolute atomic E-state index is 11.7. The van der Waals surface area contributed by atoms with Crippen LogP contribution >= 0.6 is 11.3 Å². The zero-order chi connectivity index (χ0) is 12.8. The number of hydrogen-bond acceptors (Lipinski definition) is 4. The summed E-state index contributed by atoms with van der Waals surface area (Å²) in [5.41, 5.74) is 1.04. The summed E-state index contributed by atoms with van der Waals surface area (Å²) in [6, 6.07) is 0.398. The maximum atomic E-state index is 11.7. The van der Waals surface area contributed by atoms with Crippen molar-refractivity contribution in [1.82, 2.24) is 15.6 Å². The molecule has 0 saturated heterocycles. The van der Waals surface area contributed by atoms with Crippen molar-refractivity contribution in [3.8, 4) is 0 Å². The van der Waals surface area contributed by atoms with E-state index in [2.05, 4.69) is 15.6 Å². The largest absolute Gasteiger partial charge is 0.352 e. The Morgan fingerprint density at radius 2 is 2.22 bits per heavy atom. The Kier molecular flexibility index (Phi) is 5.13. The zero-order valence-corrected chi connectivity index (χ0v) is 11.7. The third kappa shape index (κ3) is 4.38. The van der Waals surface area contributed by atoms with E-state index in [4.69, 9.17) is 0 Å². The molecule has 1 aliphatic carbocycles. The van der Waals surface area contributed by atoms with E-state index in [0.717, 1.165) is 23.5 Å². The Labute approximate surface area is 112 Å². The van der Waals surface area contributed by atoms with E-state index in [0.29, 0.717) is 19.1 Å². The highest BCUT2D eigenvalue weighted by Gasteiger charge is 2.15. The number of hydrogen-bond donors (Lipinski definition) is 2. The second-order valence-corrected chi connectivity index (χ2v) is 5.83. The van der Waals surface area contributed by atoms with Crippen LogP contribution in [0.15, 0.2) is 5.38 Å². The number of aryl methyl sites for hydroxylation is 1. The van der Waals surface area contributed by atoms with Crippen LogP contribution in [0, 0.1) is 6.92 Å². The normalized spacial score (nSPS) is 16.7. The number of thiazole rings is 1. The van der Waals surface area contributed by atoms with Gasteiger partial charge in [0.2, 0.25) is 5.91 Å². The van der Waals surface area contributed by atoms with Crippen molar-refractivity contribution in [2.24, 2.45) is 0 Å². The molecule has 1 aliphatic rings. The Hall–Kier alpha value is -0.940. The Morgan fingerprint density at radius 1 is 1.44 bits per heavy atom. The van der Waals surface area contributed by atoms with Gasteiger partial charge in [-0.2, -0.15) is 0 Å². The maximum Gasteiger partial charge on any atom is 0.234 e. The summed E-state index contributed by atoms with van der Waals surface area (Å²) in [5.74, 6) is 0.107. The quantitative estimate of drug-likeness (QED) is 0.858. The monoisotopic (exact) mass is 267 g/mol. The molecular weight excluding hydrogens is 246 g/mol. The number of nitrogens with zero attached hydrogens (tertiary/aromatic N) is 1. The molecular formula is C13H21N3OS. The van der Waals surface area contributed by atoms with E-state index in [-0.39, 0.29) is 5.91 Å². The van der Waals surface area contributed by atoms with Crippen LogP contribution in [0.3, 0.4) is 0 Å². The van der Waals surface area contributed by atoms with Crippen molar-refractivity contribution in [1.29, 1.82) is 0 Å². The first-order valence-electron chi connectivity index (χ1n) is 6.65. The van der Waals surface area contributed by atoms with Crippen molar-refractivity contribution in [3.05, 3.63) is 16.1 Å². The van der Waals surface area contributed by atoms with Crippen LogP contribution in [0.4, 0.5) is 0 Å². The number of rotatable bonds is 5. The zero-order valence-electron chi connectivity index (χ0n) is 10.9. The minimum Gasteiger partial charge on any atom is -0.352 e. The molecule has 0 atom stereocenters. The predicted octanol–water partition coefficient (Wildman–Crippen LogP) is 1.99. The third-order valence-electron chi connectivity index (χ3n) is 3.20. The molecule has 2 rings (SSSR count). The average Bonchev–Trinajstić information content (AvgIpc) is 2.76. The summed E-state index contributed by atoms with van der Waals surface area (Å²) in [6.45, 7) is 3.04. The van der Waals surface area contributed by atoms with Gasteiger partial charge in [-0.05, 0) is 19.8 Å². The van der Waals surface area contributed by atoms with E-state index < -0.39 is 0 Å². The minimum atomic E-state index is 0.107. The van der Waals surface area contributed by atoms with Crippen molar-refractivity contribution in [3.63, 3.8) is 0 Å². The number of carbonyl (C=O) groups is 1. The van der Waals surface area contributed by atoms with Crippen LogP contribution in [-0.2, 0) is 11.3 Å². The molecule has 0 spiro atoms. The van der Waals surface area contributed by atoms with Gasteiger partial charge >= 0.3 is 0 Å². The fourth-order valence-electron chi connectivity index (χ4n) is 2.29. The van der Waals surface area contributed by atoms with Crippen LogP contribution in [0.1, 0.15) is 42.8 Å². The van der Waals surface area contributed by atoms with Gasteiger partial charge in [-0.15, -0.1) is 11.3 Å². The van der Waals surface area contributed by atoms with Crippen LogP contribution in [0.5, 0.6) is 0 Å². The molecule has 0 unspecified atom stereocenters. The molecule has 1 amide bonds. The van der Waals surface area contributed by atoms with Gasteiger partial charge in [0.05, 0.1) is 6.54 Å². The van der Waals surface area contributed by atoms with Gasteiger partial charge in [0.15, 0.2) is 0 Å². The summed E-state index contributed by atoms with van der Waals surface area (Å²) in [7, 11) is 0. The highest BCUT2D eigenvalue weighted by molar-refractivity contribution is 7.09. The number of amides is 1. The molecule has 100 valence electrons. The molecule has 1 saturated carbocycles. The second-order valence-electron chi connectivity index (χ2n) is 4.89. The van der Waals surface area contributed by atoms with Gasteiger partial charge in [-0.1, -0.05) is 19.3 Å². The number of carbonyl (C=O) groups excluding carboxylic acids is 1. The molecule has 0 bridgehead atoms. The van der Waals surface area contributed by atoms with E-state index in [1.807, 2.05) is 12.3 Å². The lowest BCUT2D eigenvalue weighted by Gasteiger charge is -2.22. The molecule has 18 heavy (non-hydrogen) atoms. The van der Waals surface area contributed by atoms with Gasteiger partial charge in [-0.3, -0.25) is 4.79 Å². The molecule has 0 aromatic carbocycles. The molecule has 1 aromatic rings. The smallest absolute Gasteiger partial charge is 0.234 e. The van der Waals surface area contributed by atoms with E-state index >= 15 is 0 Å². The van der Waals surface area contributed by atoms with Gasteiger partial charge in [0, 0.05) is 23.7 Å². The van der Waals surface area contributed by atoms with Crippen molar-refractivity contribution in [2.75, 3.05) is 6.54 Å². The minimum absolute atomic E-state index is 0.107. The van der Waals surface area contributed by atoms with E-state index in [1.165, 1.54) is 19.3 Å². The molecule has 0 radical (unpaired) electrons. The van der Waals surface area contributed by atoms with E-state index in [9.17, 15) is 4.79 Å². The Morgan fingerprint density at radius 3 is 2.89 bits per heavy atom. The van der Waals surface area contributed by atoms with Crippen LogP contribution in [-0.4, -0.2) is 23.5 Å². The van der Waals surface area contributed by atoms with Crippen LogP contribution in [0.25, 0.3) is 0 Å². The molecule has 0 aliphatic heterocycles. The van der Waals surface area contributed by atoms with Gasteiger partial charge < -0.3 is 10.6 Å². The Balaban J connectivity index is 1.62. The van der Waals surface area contributed by atoms with Crippen molar-refractivity contribution < 1.29 is 4.79 Å². The predicted molar refractivity (Wildman–Crippen MR) is 73.6 cm³/mol. The van der Waals surface area contributed by atoms with Crippen LogP contribution in [0.2, 0.25) is 0 Å². The van der Waals surface area contributed by atoms with Crippen molar-refractivity contribution in [2.45, 2.75) is 51.6 Å². The summed E-state index contributed by atoms with van der Waals surface area (Å²) >= 11 is 1.63. The molecule has 1 fully saturated rings. The Bertz CT molecular complexity index is 385. The van der Waals surface area contributed by atoms with Gasteiger partial charge in [0.25, 0.3) is 0 Å². The fraction of sp³-hybridized carbons (Fsp3) is 0.692. The van der Waals surface area contributed by atoms with Gasteiger partial charge in [-0.25, -0.2) is 4.98 Å². The summed E-state index contributed by atoms with van der Waals surface area (Å²) < 4.78 is 0. The fourth-order valence-corrected chi connectivity index (χ4v) is 3.03. The summed E-state index contributed by atoms with van der Waals surface area (Å²) in [5, 5.41) is 9.30. The third-order valence-corrected chi connectivity index (χ3v) is 4.17. The highest BCUT2D eigenvalue weighted by atomic mass is 32.1.